The molecule has 90 valence electrons. The number of hydrogen-bond donors (Lipinski definition) is 2. The molecule has 0 heterocycles. The molecule has 0 aromatic heterocycles. The topological polar surface area (TPSA) is 32.3 Å². The Balaban J connectivity index is 2.44. The number of nitrogens with one attached hydrogen (secondary N) is 1. The van der Waals surface area contributed by atoms with Gasteiger partial charge in [-0.15, -0.1) is 0 Å². The first-order valence-corrected chi connectivity index (χ1v) is 6.58. The molecule has 1 aromatic rings. The van der Waals surface area contributed by atoms with Crippen LogP contribution in [0.3, 0.4) is 0 Å². The minimum atomic E-state index is 0.254. The van der Waals surface area contributed by atoms with E-state index in [-0.39, 0.29) is 6.61 Å². The third kappa shape index (κ3) is 4.83. The molecule has 0 bridgehead atoms. The summed E-state index contributed by atoms with van der Waals surface area (Å²) in [4.78, 5) is 0. The minimum Gasteiger partial charge on any atom is -0.396 e. The predicted molar refractivity (Wildman–Crippen MR) is 71.8 cm³/mol. The first kappa shape index (κ1) is 14.0. The van der Waals surface area contributed by atoms with Gasteiger partial charge in [0.1, 0.15) is 0 Å². The van der Waals surface area contributed by atoms with Crippen LogP contribution in [0.5, 0.6) is 0 Å². The fourth-order valence-electron chi connectivity index (χ4n) is 1.46. The van der Waals surface area contributed by atoms with Crippen molar-refractivity contribution in [3.05, 3.63) is 33.3 Å². The van der Waals surface area contributed by atoms with Crippen molar-refractivity contribution in [1.82, 2.24) is 5.32 Å². The summed E-state index contributed by atoms with van der Waals surface area (Å²) < 4.78 is 1.04. The molecule has 0 spiro atoms. The zero-order valence-corrected chi connectivity index (χ0v) is 11.7. The van der Waals surface area contributed by atoms with Crippen LogP contribution in [-0.2, 0) is 6.54 Å². The Hall–Kier alpha value is -0.0900. The summed E-state index contributed by atoms with van der Waals surface area (Å²) >= 11 is 9.51. The molecule has 1 atom stereocenters. The first-order valence-electron chi connectivity index (χ1n) is 5.41. The molecule has 0 aliphatic heterocycles. The molecule has 16 heavy (non-hydrogen) atoms. The van der Waals surface area contributed by atoms with Gasteiger partial charge in [0.15, 0.2) is 0 Å². The summed E-state index contributed by atoms with van der Waals surface area (Å²) in [5.41, 5.74) is 1.09. The molecule has 0 unspecified atom stereocenters. The molecule has 0 saturated carbocycles. The van der Waals surface area contributed by atoms with Crippen LogP contribution in [0.1, 0.15) is 25.3 Å². The lowest BCUT2D eigenvalue weighted by Gasteiger charge is -2.14. The second-order valence-electron chi connectivity index (χ2n) is 3.88. The molecule has 2 N–H and O–H groups in total. The molecule has 2 nitrogen and oxygen atoms in total. The number of hydrogen-bond acceptors (Lipinski definition) is 2. The maximum atomic E-state index is 8.73. The molecule has 4 heteroatoms. The lowest BCUT2D eigenvalue weighted by molar-refractivity contribution is 0.276. The maximum Gasteiger partial charge on any atom is 0.0451 e. The van der Waals surface area contributed by atoms with Gasteiger partial charge in [-0.1, -0.05) is 27.5 Å². The van der Waals surface area contributed by atoms with E-state index < -0.39 is 0 Å². The largest absolute Gasteiger partial charge is 0.396 e. The van der Waals surface area contributed by atoms with E-state index in [2.05, 4.69) is 28.2 Å². The van der Waals surface area contributed by atoms with Crippen LogP contribution in [0.25, 0.3) is 0 Å². The third-order valence-corrected chi connectivity index (χ3v) is 3.31. The summed E-state index contributed by atoms with van der Waals surface area (Å²) in [6.07, 6.45) is 1.81. The van der Waals surface area contributed by atoms with Crippen LogP contribution in [0.2, 0.25) is 5.02 Å². The van der Waals surface area contributed by atoms with Crippen LogP contribution in [0.4, 0.5) is 0 Å². The Morgan fingerprint density at radius 2 is 2.25 bits per heavy atom. The summed E-state index contributed by atoms with van der Waals surface area (Å²) in [5, 5.41) is 12.9. The van der Waals surface area contributed by atoms with Crippen molar-refractivity contribution in [2.24, 2.45) is 0 Å². The van der Waals surface area contributed by atoms with E-state index in [4.69, 9.17) is 16.7 Å². The van der Waals surface area contributed by atoms with E-state index in [1.165, 1.54) is 0 Å². The third-order valence-electron chi connectivity index (χ3n) is 2.44. The quantitative estimate of drug-likeness (QED) is 0.845. The first-order chi connectivity index (χ1) is 7.63. The second-order valence-corrected chi connectivity index (χ2v) is 5.21. The normalized spacial score (nSPS) is 12.8. The molecule has 0 aliphatic carbocycles. The van der Waals surface area contributed by atoms with Gasteiger partial charge < -0.3 is 10.4 Å². The summed E-state index contributed by atoms with van der Waals surface area (Å²) in [7, 11) is 0. The van der Waals surface area contributed by atoms with Gasteiger partial charge in [0.25, 0.3) is 0 Å². The van der Waals surface area contributed by atoms with Crippen LogP contribution >= 0.6 is 27.5 Å². The van der Waals surface area contributed by atoms with E-state index in [0.717, 1.165) is 34.4 Å². The highest BCUT2D eigenvalue weighted by Gasteiger charge is 2.04. The van der Waals surface area contributed by atoms with Gasteiger partial charge in [0, 0.05) is 28.7 Å². The van der Waals surface area contributed by atoms with Crippen molar-refractivity contribution in [1.29, 1.82) is 0 Å². The molecule has 0 saturated heterocycles. The van der Waals surface area contributed by atoms with Crippen LogP contribution in [0.15, 0.2) is 22.7 Å². The number of halogens is 2. The average Bonchev–Trinajstić information content (AvgIpc) is 2.27. The number of rotatable bonds is 6. The molecule has 1 aromatic carbocycles. The van der Waals surface area contributed by atoms with E-state index in [1.807, 2.05) is 18.2 Å². The van der Waals surface area contributed by atoms with Gasteiger partial charge in [-0.25, -0.2) is 0 Å². The molecule has 0 amide bonds. The van der Waals surface area contributed by atoms with E-state index >= 15 is 0 Å². The zero-order chi connectivity index (χ0) is 12.0. The highest BCUT2D eigenvalue weighted by Crippen LogP contribution is 2.20. The van der Waals surface area contributed by atoms with E-state index in [1.54, 1.807) is 0 Å². The van der Waals surface area contributed by atoms with E-state index in [9.17, 15) is 0 Å². The zero-order valence-electron chi connectivity index (χ0n) is 9.34. The molecular weight excluding hydrogens is 289 g/mol. The fraction of sp³-hybridized carbons (Fsp3) is 0.500. The summed E-state index contributed by atoms with van der Waals surface area (Å²) in [6.45, 7) is 3.12. The van der Waals surface area contributed by atoms with E-state index in [0.29, 0.717) is 6.04 Å². The van der Waals surface area contributed by atoms with Gasteiger partial charge in [-0.2, -0.15) is 0 Å². The maximum absolute atomic E-state index is 8.73. The lowest BCUT2D eigenvalue weighted by Crippen LogP contribution is -2.25. The Morgan fingerprint density at radius 1 is 1.50 bits per heavy atom. The van der Waals surface area contributed by atoms with Crippen molar-refractivity contribution in [2.45, 2.75) is 32.4 Å². The number of aliphatic hydroxyl groups excluding tert-OH is 1. The van der Waals surface area contributed by atoms with Gasteiger partial charge in [-0.3, -0.25) is 0 Å². The number of aliphatic hydroxyl groups is 1. The Labute approximate surface area is 110 Å². The van der Waals surface area contributed by atoms with Gasteiger partial charge in [0.2, 0.25) is 0 Å². The average molecular weight is 307 g/mol. The monoisotopic (exact) mass is 305 g/mol. The van der Waals surface area contributed by atoms with Crippen molar-refractivity contribution in [3.8, 4) is 0 Å². The Morgan fingerprint density at radius 3 is 2.94 bits per heavy atom. The standard InChI is InChI=1S/C12H17BrClNO/c1-9(3-2-6-16)15-8-10-7-11(13)4-5-12(10)14/h4-5,7,9,15-16H,2-3,6,8H2,1H3/t9-/m0/s1. The summed E-state index contributed by atoms with van der Waals surface area (Å²) in [5.74, 6) is 0. The predicted octanol–water partition coefficient (Wildman–Crippen LogP) is 3.35. The van der Waals surface area contributed by atoms with Crippen molar-refractivity contribution >= 4 is 27.5 Å². The molecule has 1 rings (SSSR count). The summed E-state index contributed by atoms with van der Waals surface area (Å²) in [6, 6.07) is 6.23. The van der Waals surface area contributed by atoms with Gasteiger partial charge >= 0.3 is 0 Å². The van der Waals surface area contributed by atoms with Crippen molar-refractivity contribution in [2.75, 3.05) is 6.61 Å². The fourth-order valence-corrected chi connectivity index (χ4v) is 2.06. The SMILES string of the molecule is C[C@@H](CCCO)NCc1cc(Br)ccc1Cl. The lowest BCUT2D eigenvalue weighted by atomic mass is 10.1. The van der Waals surface area contributed by atoms with Crippen molar-refractivity contribution in [3.63, 3.8) is 0 Å². The number of benzene rings is 1. The molecule has 0 aliphatic rings. The van der Waals surface area contributed by atoms with Crippen molar-refractivity contribution < 1.29 is 5.11 Å². The van der Waals surface area contributed by atoms with Gasteiger partial charge in [0.05, 0.1) is 0 Å². The van der Waals surface area contributed by atoms with Crippen LogP contribution in [-0.4, -0.2) is 17.8 Å². The van der Waals surface area contributed by atoms with Gasteiger partial charge in [-0.05, 0) is 43.5 Å². The smallest absolute Gasteiger partial charge is 0.0451 e. The molecule has 0 radical (unpaired) electrons. The highest BCUT2D eigenvalue weighted by atomic mass is 79.9. The Kier molecular flexibility index (Phi) is 6.36. The minimum absolute atomic E-state index is 0.254. The molecular formula is C12H17BrClNO. The Bertz CT molecular complexity index is 333. The highest BCUT2D eigenvalue weighted by molar-refractivity contribution is 9.10. The molecule has 0 fully saturated rings. The van der Waals surface area contributed by atoms with Crippen LogP contribution in [0, 0.1) is 0 Å². The second kappa shape index (κ2) is 7.28. The van der Waals surface area contributed by atoms with Crippen LogP contribution < -0.4 is 5.32 Å².